The van der Waals surface area contributed by atoms with E-state index >= 15 is 0 Å². The molecule has 2 aromatic rings. The molecule has 0 aliphatic rings. The molecule has 0 spiro atoms. The van der Waals surface area contributed by atoms with Crippen LogP contribution in [0.4, 0.5) is 0 Å². The van der Waals surface area contributed by atoms with Gasteiger partial charge in [0.05, 0.1) is 0 Å². The van der Waals surface area contributed by atoms with Crippen molar-refractivity contribution in [3.8, 4) is 11.1 Å². The first-order valence-corrected chi connectivity index (χ1v) is 11.2. The second-order valence-electron chi connectivity index (χ2n) is 6.37. The normalized spacial score (nSPS) is 13.8. The first kappa shape index (κ1) is 20.5. The van der Waals surface area contributed by atoms with Crippen molar-refractivity contribution in [3.63, 3.8) is 0 Å². The third-order valence-electron chi connectivity index (χ3n) is 4.65. The van der Waals surface area contributed by atoms with Crippen LogP contribution in [-0.2, 0) is 21.1 Å². The second kappa shape index (κ2) is 8.24. The number of benzene rings is 2. The van der Waals surface area contributed by atoms with Crippen LogP contribution in [0, 0.1) is 0 Å². The number of hydrogen-bond acceptors (Lipinski definition) is 5. The van der Waals surface area contributed by atoms with Crippen LogP contribution >= 0.6 is 11.8 Å². The van der Waals surface area contributed by atoms with Crippen LogP contribution in [-0.4, -0.2) is 36.8 Å². The third-order valence-corrected chi connectivity index (χ3v) is 7.40. The van der Waals surface area contributed by atoms with Crippen molar-refractivity contribution in [2.24, 2.45) is 0 Å². The Morgan fingerprint density at radius 2 is 1.81 bits per heavy atom. The number of nitrogens with one attached hydrogen (secondary N) is 1. The van der Waals surface area contributed by atoms with E-state index in [0.717, 1.165) is 22.9 Å². The second-order valence-corrected chi connectivity index (χ2v) is 9.70. The van der Waals surface area contributed by atoms with Gasteiger partial charge in [-0.15, -0.1) is 11.8 Å². The van der Waals surface area contributed by atoms with Gasteiger partial charge in [-0.25, -0.2) is 13.9 Å². The molecule has 0 saturated carbocycles. The van der Waals surface area contributed by atoms with E-state index in [1.165, 1.54) is 17.3 Å². The van der Waals surface area contributed by atoms with Crippen LogP contribution < -0.4 is 5.48 Å². The molecule has 2 rings (SSSR count). The topological polar surface area (TPSA) is 83.5 Å². The Labute approximate surface area is 158 Å². The predicted molar refractivity (Wildman–Crippen MR) is 105 cm³/mol. The summed E-state index contributed by atoms with van der Waals surface area (Å²) in [4.78, 5) is 13.0. The molecule has 0 bridgehead atoms. The van der Waals surface area contributed by atoms with E-state index in [4.69, 9.17) is 5.21 Å². The van der Waals surface area contributed by atoms with E-state index in [9.17, 15) is 13.2 Å². The zero-order valence-corrected chi connectivity index (χ0v) is 16.7. The molecule has 26 heavy (non-hydrogen) atoms. The number of amides is 1. The Kier molecular flexibility index (Phi) is 6.49. The van der Waals surface area contributed by atoms with Gasteiger partial charge in [0.2, 0.25) is 0 Å². The first-order chi connectivity index (χ1) is 12.2. The quantitative estimate of drug-likeness (QED) is 0.428. The molecule has 0 aliphatic heterocycles. The van der Waals surface area contributed by atoms with Crippen LogP contribution in [0.3, 0.4) is 0 Å². The van der Waals surface area contributed by atoms with Crippen molar-refractivity contribution in [1.82, 2.24) is 5.48 Å². The van der Waals surface area contributed by atoms with Gasteiger partial charge in [-0.3, -0.25) is 10.0 Å². The summed E-state index contributed by atoms with van der Waals surface area (Å²) >= 11 is 1.68. The largest absolute Gasteiger partial charge is 0.289 e. The Hall–Kier alpha value is -1.83. The SMILES string of the molecule is CSc1cccc(-c2ccc(CCC(C)(C(=O)NO)S(C)(=O)=O)cc2)c1. The average molecular weight is 394 g/mol. The molecule has 2 N–H and O–H groups in total. The van der Waals surface area contributed by atoms with E-state index in [-0.39, 0.29) is 6.42 Å². The lowest BCUT2D eigenvalue weighted by Crippen LogP contribution is -2.49. The van der Waals surface area contributed by atoms with Crippen molar-refractivity contribution in [2.75, 3.05) is 12.5 Å². The number of thioether (sulfide) groups is 1. The van der Waals surface area contributed by atoms with Crippen molar-refractivity contribution in [1.29, 1.82) is 0 Å². The lowest BCUT2D eigenvalue weighted by Gasteiger charge is -2.25. The van der Waals surface area contributed by atoms with Crippen LogP contribution in [0.2, 0.25) is 0 Å². The highest BCUT2D eigenvalue weighted by atomic mass is 32.2. The molecule has 5 nitrogen and oxygen atoms in total. The van der Waals surface area contributed by atoms with Crippen molar-refractivity contribution >= 4 is 27.5 Å². The molecule has 2 aromatic carbocycles. The Morgan fingerprint density at radius 3 is 2.35 bits per heavy atom. The minimum atomic E-state index is -3.68. The molecule has 1 atom stereocenters. The molecule has 0 aromatic heterocycles. The number of sulfone groups is 1. The first-order valence-electron chi connectivity index (χ1n) is 8.09. The van der Waals surface area contributed by atoms with E-state index in [2.05, 4.69) is 12.1 Å². The minimum absolute atomic E-state index is 0.0829. The van der Waals surface area contributed by atoms with Gasteiger partial charge in [-0.05, 0) is 54.8 Å². The fraction of sp³-hybridized carbons (Fsp3) is 0.316. The van der Waals surface area contributed by atoms with E-state index in [1.54, 1.807) is 11.8 Å². The smallest absolute Gasteiger partial charge is 0.264 e. The zero-order valence-electron chi connectivity index (χ0n) is 15.0. The van der Waals surface area contributed by atoms with Gasteiger partial charge in [0.25, 0.3) is 5.91 Å². The number of rotatable bonds is 7. The molecule has 1 unspecified atom stereocenters. The highest BCUT2D eigenvalue weighted by Crippen LogP contribution is 2.27. The lowest BCUT2D eigenvalue weighted by atomic mass is 9.97. The van der Waals surface area contributed by atoms with Gasteiger partial charge in [0.15, 0.2) is 9.84 Å². The zero-order chi connectivity index (χ0) is 19.4. The Balaban J connectivity index is 2.17. The number of carbonyl (C=O) groups excluding carboxylic acids is 1. The van der Waals surface area contributed by atoms with Gasteiger partial charge in [-0.2, -0.15) is 0 Å². The number of aryl methyl sites for hydroxylation is 1. The third kappa shape index (κ3) is 4.47. The summed E-state index contributed by atoms with van der Waals surface area (Å²) in [6, 6.07) is 16.1. The standard InChI is InChI=1S/C19H23NO4S2/c1-19(18(21)20-22,26(3,23)24)12-11-14-7-9-15(10-8-14)16-5-4-6-17(13-16)25-2/h4-10,13,22H,11-12H2,1-3H3,(H,20,21). The number of hydroxylamine groups is 1. The number of carbonyl (C=O) groups is 1. The summed E-state index contributed by atoms with van der Waals surface area (Å²) in [5, 5.41) is 8.87. The molecule has 0 saturated heterocycles. The van der Waals surface area contributed by atoms with Gasteiger partial charge in [0, 0.05) is 11.2 Å². The summed E-state index contributed by atoms with van der Waals surface area (Å²) < 4.78 is 22.3. The van der Waals surface area contributed by atoms with Crippen LogP contribution in [0.15, 0.2) is 53.4 Å². The Bertz CT molecular complexity index is 879. The van der Waals surface area contributed by atoms with E-state index in [0.29, 0.717) is 6.42 Å². The predicted octanol–water partition coefficient (Wildman–Crippen LogP) is 3.32. The molecule has 0 heterocycles. The van der Waals surface area contributed by atoms with Crippen LogP contribution in [0.5, 0.6) is 0 Å². The summed E-state index contributed by atoms with van der Waals surface area (Å²) in [6.07, 6.45) is 3.52. The van der Waals surface area contributed by atoms with Gasteiger partial charge < -0.3 is 0 Å². The monoisotopic (exact) mass is 393 g/mol. The van der Waals surface area contributed by atoms with Gasteiger partial charge >= 0.3 is 0 Å². The molecular weight excluding hydrogens is 370 g/mol. The average Bonchev–Trinajstić information content (AvgIpc) is 2.64. The molecule has 140 valence electrons. The molecule has 0 radical (unpaired) electrons. The fourth-order valence-electron chi connectivity index (χ4n) is 2.63. The van der Waals surface area contributed by atoms with Crippen LogP contribution in [0.25, 0.3) is 11.1 Å². The molecule has 1 amide bonds. The minimum Gasteiger partial charge on any atom is -0.289 e. The summed E-state index contributed by atoms with van der Waals surface area (Å²) in [5.41, 5.74) is 4.58. The van der Waals surface area contributed by atoms with Crippen molar-refractivity contribution in [3.05, 3.63) is 54.1 Å². The van der Waals surface area contributed by atoms with Crippen LogP contribution in [0.1, 0.15) is 18.9 Å². The van der Waals surface area contributed by atoms with Gasteiger partial charge in [-0.1, -0.05) is 36.4 Å². The summed E-state index contributed by atoms with van der Waals surface area (Å²) in [6.45, 7) is 1.33. The molecule has 0 fully saturated rings. The van der Waals surface area contributed by atoms with E-state index in [1.807, 2.05) is 42.7 Å². The maximum absolute atomic E-state index is 12.0. The van der Waals surface area contributed by atoms with Crippen molar-refractivity contribution < 1.29 is 18.4 Å². The fourth-order valence-corrected chi connectivity index (χ4v) is 3.95. The maximum Gasteiger partial charge on any atom is 0.264 e. The number of hydrogen-bond donors (Lipinski definition) is 2. The summed E-state index contributed by atoms with van der Waals surface area (Å²) in [5.74, 6) is -0.912. The lowest BCUT2D eigenvalue weighted by molar-refractivity contribution is -0.131. The highest BCUT2D eigenvalue weighted by Gasteiger charge is 2.43. The Morgan fingerprint density at radius 1 is 1.15 bits per heavy atom. The van der Waals surface area contributed by atoms with Gasteiger partial charge in [0.1, 0.15) is 4.75 Å². The van der Waals surface area contributed by atoms with Crippen molar-refractivity contribution in [2.45, 2.75) is 29.4 Å². The maximum atomic E-state index is 12.0. The van der Waals surface area contributed by atoms with E-state index < -0.39 is 20.5 Å². The summed E-state index contributed by atoms with van der Waals surface area (Å²) in [7, 11) is -3.68. The molecule has 0 aliphatic carbocycles. The molecular formula is C19H23NO4S2. The molecule has 7 heteroatoms. The highest BCUT2D eigenvalue weighted by molar-refractivity contribution is 7.98.